The molecule has 4 nitrogen and oxygen atoms in total. The summed E-state index contributed by atoms with van der Waals surface area (Å²) in [4.78, 5) is 16.9. The maximum absolute atomic E-state index is 12.6. The fourth-order valence-electron chi connectivity index (χ4n) is 3.91. The van der Waals surface area contributed by atoms with Gasteiger partial charge in [-0.15, -0.1) is 0 Å². The van der Waals surface area contributed by atoms with Gasteiger partial charge in [-0.2, -0.15) is 0 Å². The largest absolute Gasteiger partial charge is 0.368 e. The summed E-state index contributed by atoms with van der Waals surface area (Å²) in [5.41, 5.74) is 6.39. The van der Waals surface area contributed by atoms with Crippen LogP contribution in [0.5, 0.6) is 0 Å². The summed E-state index contributed by atoms with van der Waals surface area (Å²) in [5, 5.41) is 3.12. The molecule has 1 unspecified atom stereocenters. The molecule has 0 aromatic heterocycles. The molecular weight excluding hydrogens is 322 g/mol. The van der Waals surface area contributed by atoms with Gasteiger partial charge in [0.05, 0.1) is 6.04 Å². The predicted molar refractivity (Wildman–Crippen MR) is 108 cm³/mol. The minimum atomic E-state index is 0.0170. The fraction of sp³-hybridized carbons (Fsp3) is 0.409. The number of amides is 2. The second kappa shape index (κ2) is 7.81. The van der Waals surface area contributed by atoms with Crippen molar-refractivity contribution in [2.24, 2.45) is 0 Å². The summed E-state index contributed by atoms with van der Waals surface area (Å²) in [6.07, 6.45) is 0. The number of carbonyl (C=O) groups is 1. The van der Waals surface area contributed by atoms with E-state index in [-0.39, 0.29) is 12.1 Å². The van der Waals surface area contributed by atoms with E-state index in [0.29, 0.717) is 0 Å². The van der Waals surface area contributed by atoms with E-state index in [1.165, 1.54) is 22.4 Å². The van der Waals surface area contributed by atoms with Crippen LogP contribution in [-0.4, -0.2) is 37.1 Å². The third kappa shape index (κ3) is 4.01. The van der Waals surface area contributed by atoms with Gasteiger partial charge in [-0.05, 0) is 44.4 Å². The molecule has 1 saturated heterocycles. The Morgan fingerprint density at radius 2 is 1.54 bits per heavy atom. The molecule has 0 saturated carbocycles. The standard InChI is InChI=1S/C22H29N3O/c1-16-14-17(2)21(18(3)15-16)24-10-12-25(13-11-24)22(26)23-19(4)20-8-6-5-7-9-20/h5-9,14-15,19H,10-13H2,1-4H3,(H,23,26). The van der Waals surface area contributed by atoms with Crippen molar-refractivity contribution in [2.75, 3.05) is 31.1 Å². The van der Waals surface area contributed by atoms with Crippen LogP contribution in [0.15, 0.2) is 42.5 Å². The zero-order chi connectivity index (χ0) is 18.7. The van der Waals surface area contributed by atoms with Crippen LogP contribution in [-0.2, 0) is 0 Å². The molecule has 0 aliphatic carbocycles. The first kappa shape index (κ1) is 18.3. The Labute approximate surface area is 156 Å². The van der Waals surface area contributed by atoms with E-state index in [1.54, 1.807) is 0 Å². The van der Waals surface area contributed by atoms with Gasteiger partial charge < -0.3 is 15.1 Å². The van der Waals surface area contributed by atoms with Crippen molar-refractivity contribution in [1.82, 2.24) is 10.2 Å². The number of carbonyl (C=O) groups excluding carboxylic acids is 1. The van der Waals surface area contributed by atoms with Crippen LogP contribution < -0.4 is 10.2 Å². The van der Waals surface area contributed by atoms with Gasteiger partial charge in [-0.25, -0.2) is 4.79 Å². The number of benzene rings is 2. The molecule has 0 radical (unpaired) electrons. The van der Waals surface area contributed by atoms with Crippen molar-refractivity contribution in [3.8, 4) is 0 Å². The number of hydrogen-bond acceptors (Lipinski definition) is 2. The smallest absolute Gasteiger partial charge is 0.317 e. The van der Waals surface area contributed by atoms with E-state index in [9.17, 15) is 4.79 Å². The number of rotatable bonds is 3. The second-order valence-corrected chi connectivity index (χ2v) is 7.30. The fourth-order valence-corrected chi connectivity index (χ4v) is 3.91. The van der Waals surface area contributed by atoms with Crippen molar-refractivity contribution in [2.45, 2.75) is 33.7 Å². The molecule has 3 rings (SSSR count). The number of piperazine rings is 1. The number of anilines is 1. The molecule has 1 atom stereocenters. The summed E-state index contributed by atoms with van der Waals surface area (Å²) in [7, 11) is 0. The highest BCUT2D eigenvalue weighted by atomic mass is 16.2. The minimum absolute atomic E-state index is 0.0170. The predicted octanol–water partition coefficient (Wildman–Crippen LogP) is 4.20. The Bertz CT molecular complexity index is 741. The van der Waals surface area contributed by atoms with Crippen LogP contribution in [0, 0.1) is 20.8 Å². The molecule has 0 bridgehead atoms. The summed E-state index contributed by atoms with van der Waals surface area (Å²) < 4.78 is 0. The van der Waals surface area contributed by atoms with Crippen LogP contribution in [0.2, 0.25) is 0 Å². The van der Waals surface area contributed by atoms with Crippen LogP contribution in [0.1, 0.15) is 35.2 Å². The Morgan fingerprint density at radius 1 is 0.962 bits per heavy atom. The Hall–Kier alpha value is -2.49. The van der Waals surface area contributed by atoms with Gasteiger partial charge in [-0.3, -0.25) is 0 Å². The number of nitrogens with zero attached hydrogens (tertiary/aromatic N) is 2. The van der Waals surface area contributed by atoms with E-state index in [2.05, 4.69) is 43.1 Å². The Kier molecular flexibility index (Phi) is 5.50. The molecule has 1 heterocycles. The SMILES string of the molecule is Cc1cc(C)c(N2CCN(C(=O)NC(C)c3ccccc3)CC2)c(C)c1. The van der Waals surface area contributed by atoms with Crippen molar-refractivity contribution in [3.05, 3.63) is 64.7 Å². The lowest BCUT2D eigenvalue weighted by Crippen LogP contribution is -2.52. The average molecular weight is 351 g/mol. The molecule has 1 fully saturated rings. The second-order valence-electron chi connectivity index (χ2n) is 7.30. The molecule has 4 heteroatoms. The summed E-state index contributed by atoms with van der Waals surface area (Å²) in [6.45, 7) is 11.8. The van der Waals surface area contributed by atoms with E-state index in [0.717, 1.165) is 31.7 Å². The van der Waals surface area contributed by atoms with Gasteiger partial charge >= 0.3 is 6.03 Å². The normalized spacial score (nSPS) is 15.7. The topological polar surface area (TPSA) is 35.6 Å². The van der Waals surface area contributed by atoms with Gasteiger partial charge in [-0.1, -0.05) is 48.0 Å². The van der Waals surface area contributed by atoms with Crippen LogP contribution in [0.25, 0.3) is 0 Å². The zero-order valence-electron chi connectivity index (χ0n) is 16.2. The van der Waals surface area contributed by atoms with Gasteiger partial charge in [0.15, 0.2) is 0 Å². The molecule has 0 spiro atoms. The molecule has 2 aromatic carbocycles. The third-order valence-corrected chi connectivity index (χ3v) is 5.16. The first-order chi connectivity index (χ1) is 12.5. The van der Waals surface area contributed by atoms with Crippen molar-refractivity contribution in [1.29, 1.82) is 0 Å². The highest BCUT2D eigenvalue weighted by molar-refractivity contribution is 5.75. The molecule has 138 valence electrons. The van der Waals surface area contributed by atoms with E-state index in [1.807, 2.05) is 42.2 Å². The maximum Gasteiger partial charge on any atom is 0.317 e. The summed E-state index contributed by atoms with van der Waals surface area (Å²) in [5.74, 6) is 0. The third-order valence-electron chi connectivity index (χ3n) is 5.16. The Morgan fingerprint density at radius 3 is 2.12 bits per heavy atom. The number of hydrogen-bond donors (Lipinski definition) is 1. The molecule has 2 aromatic rings. The summed E-state index contributed by atoms with van der Waals surface area (Å²) in [6, 6.07) is 14.6. The molecular formula is C22H29N3O. The molecule has 1 N–H and O–H groups in total. The van der Waals surface area contributed by atoms with Crippen LogP contribution in [0.4, 0.5) is 10.5 Å². The van der Waals surface area contributed by atoms with Crippen molar-refractivity contribution < 1.29 is 4.79 Å². The van der Waals surface area contributed by atoms with E-state index in [4.69, 9.17) is 0 Å². The summed E-state index contributed by atoms with van der Waals surface area (Å²) >= 11 is 0. The van der Waals surface area contributed by atoms with Crippen molar-refractivity contribution in [3.63, 3.8) is 0 Å². The number of urea groups is 1. The average Bonchev–Trinajstić information content (AvgIpc) is 2.62. The number of nitrogens with one attached hydrogen (secondary N) is 1. The highest BCUT2D eigenvalue weighted by Gasteiger charge is 2.24. The van der Waals surface area contributed by atoms with Gasteiger partial charge in [0.2, 0.25) is 0 Å². The van der Waals surface area contributed by atoms with Gasteiger partial charge in [0, 0.05) is 31.9 Å². The van der Waals surface area contributed by atoms with Crippen molar-refractivity contribution >= 4 is 11.7 Å². The van der Waals surface area contributed by atoms with E-state index < -0.39 is 0 Å². The maximum atomic E-state index is 12.6. The first-order valence-electron chi connectivity index (χ1n) is 9.39. The molecule has 26 heavy (non-hydrogen) atoms. The molecule has 2 amide bonds. The van der Waals surface area contributed by atoms with Crippen LogP contribution >= 0.6 is 0 Å². The highest BCUT2D eigenvalue weighted by Crippen LogP contribution is 2.27. The molecule has 1 aliphatic rings. The minimum Gasteiger partial charge on any atom is -0.368 e. The lowest BCUT2D eigenvalue weighted by Gasteiger charge is -2.38. The van der Waals surface area contributed by atoms with Gasteiger partial charge in [0.1, 0.15) is 0 Å². The zero-order valence-corrected chi connectivity index (χ0v) is 16.2. The first-order valence-corrected chi connectivity index (χ1v) is 9.39. The lowest BCUT2D eigenvalue weighted by molar-refractivity contribution is 0.191. The lowest BCUT2D eigenvalue weighted by atomic mass is 10.0. The van der Waals surface area contributed by atoms with E-state index >= 15 is 0 Å². The van der Waals surface area contributed by atoms with Crippen LogP contribution in [0.3, 0.4) is 0 Å². The molecule has 1 aliphatic heterocycles. The monoisotopic (exact) mass is 351 g/mol. The quantitative estimate of drug-likeness (QED) is 0.899. The Balaban J connectivity index is 1.59. The number of aryl methyl sites for hydroxylation is 3. The van der Waals surface area contributed by atoms with Gasteiger partial charge in [0.25, 0.3) is 0 Å².